The summed E-state index contributed by atoms with van der Waals surface area (Å²) in [4.78, 5) is 17.0. The van der Waals surface area contributed by atoms with Crippen LogP contribution in [0.4, 0.5) is 0 Å². The average molecular weight is 898 g/mol. The molecule has 10 nitrogen and oxygen atoms in total. The van der Waals surface area contributed by atoms with E-state index in [1.165, 1.54) is 36.4 Å². The minimum absolute atomic E-state index is 0. The van der Waals surface area contributed by atoms with Crippen molar-refractivity contribution in [1.29, 1.82) is 0 Å². The molecule has 0 N–H and O–H groups in total. The van der Waals surface area contributed by atoms with Gasteiger partial charge in [-0.1, -0.05) is 137 Å². The van der Waals surface area contributed by atoms with Gasteiger partial charge >= 0.3 is 39.0 Å². The van der Waals surface area contributed by atoms with Gasteiger partial charge in [0.1, 0.15) is 0 Å². The first-order valence-corrected chi connectivity index (χ1v) is 16.3. The minimum atomic E-state index is -1.84. The molecule has 272 valence electrons. The van der Waals surface area contributed by atoms with Crippen LogP contribution in [0.3, 0.4) is 0 Å². The fourth-order valence-corrected chi connectivity index (χ4v) is 4.56. The van der Waals surface area contributed by atoms with Gasteiger partial charge in [0.25, 0.3) is 0 Å². The van der Waals surface area contributed by atoms with Gasteiger partial charge < -0.3 is 30.1 Å². The Hall–Kier alpha value is -4.80. The fourth-order valence-electron chi connectivity index (χ4n) is 4.56. The van der Waals surface area contributed by atoms with E-state index in [2.05, 4.69) is 38.1 Å². The second kappa shape index (κ2) is 26.1. The summed E-state index contributed by atoms with van der Waals surface area (Å²) in [6.45, 7) is 0. The van der Waals surface area contributed by atoms with Gasteiger partial charge in [0.2, 0.25) is 0 Å². The van der Waals surface area contributed by atoms with E-state index in [1.54, 1.807) is 73.2 Å². The zero-order valence-corrected chi connectivity index (χ0v) is 32.6. The van der Waals surface area contributed by atoms with Crippen molar-refractivity contribution in [3.63, 3.8) is 0 Å². The van der Waals surface area contributed by atoms with E-state index in [9.17, 15) is 30.1 Å². The van der Waals surface area contributed by atoms with E-state index in [0.29, 0.717) is 16.4 Å². The third-order valence-corrected chi connectivity index (χ3v) is 7.16. The second-order valence-corrected chi connectivity index (χ2v) is 10.9. The monoisotopic (exact) mass is 900 g/mol. The van der Waals surface area contributed by atoms with Gasteiger partial charge in [0.05, 0.1) is 22.4 Å². The standard InChI is InChI=1S/C12H8N2.C10H8N2.3C6H5BO2.2Ru/c1-3-9-5-6-11-10(4-2-7-13-11)12(9)14-8-1;1-3-7-11-9(5-1)10-6-2-4-8-12-10;3*8-7(9)6-4-2-1-3-5-6;;/h1-8H;1-8H;3*1-5H;;/q;;3*-2;2*+3. The first-order chi connectivity index (χ1) is 25.8. The second-order valence-electron chi connectivity index (χ2n) is 10.9. The Morgan fingerprint density at radius 3 is 1.09 bits per heavy atom. The van der Waals surface area contributed by atoms with Crippen molar-refractivity contribution in [2.75, 3.05) is 0 Å². The molecule has 0 saturated heterocycles. The quantitative estimate of drug-likeness (QED) is 0.160. The van der Waals surface area contributed by atoms with E-state index in [4.69, 9.17) is 0 Å². The molecule has 0 saturated carbocycles. The van der Waals surface area contributed by atoms with Gasteiger partial charge in [0.15, 0.2) is 0 Å². The van der Waals surface area contributed by atoms with Crippen LogP contribution in [0.2, 0.25) is 0 Å². The maximum atomic E-state index is 10.2. The maximum absolute atomic E-state index is 10.2. The van der Waals surface area contributed by atoms with Gasteiger partial charge in [-0.2, -0.15) is 0 Å². The summed E-state index contributed by atoms with van der Waals surface area (Å²) in [6.07, 6.45) is 7.15. The summed E-state index contributed by atoms with van der Waals surface area (Å²) >= 11 is 0. The van der Waals surface area contributed by atoms with Gasteiger partial charge in [-0.05, 0) is 48.5 Å². The molecule has 15 heteroatoms. The van der Waals surface area contributed by atoms with Crippen LogP contribution < -0.4 is 46.5 Å². The Morgan fingerprint density at radius 1 is 0.327 bits per heavy atom. The number of pyridine rings is 4. The van der Waals surface area contributed by atoms with Crippen LogP contribution in [0.25, 0.3) is 33.2 Å². The molecule has 0 unspecified atom stereocenters. The Balaban J connectivity index is 0.000000239. The van der Waals surface area contributed by atoms with E-state index < -0.39 is 21.4 Å². The molecule has 4 heterocycles. The molecule has 0 aliphatic heterocycles. The van der Waals surface area contributed by atoms with Crippen molar-refractivity contribution in [2.24, 2.45) is 0 Å². The molecule has 0 amide bonds. The number of nitrogens with zero attached hydrogens (tertiary/aromatic N) is 4. The van der Waals surface area contributed by atoms with Crippen molar-refractivity contribution in [3.05, 3.63) is 189 Å². The van der Waals surface area contributed by atoms with Crippen LogP contribution in [-0.4, -0.2) is 41.3 Å². The van der Waals surface area contributed by atoms with Crippen LogP contribution in [0.1, 0.15) is 0 Å². The third-order valence-electron chi connectivity index (χ3n) is 7.16. The number of rotatable bonds is 4. The topological polar surface area (TPSA) is 190 Å². The number of fused-ring (bicyclic) bond motifs is 3. The van der Waals surface area contributed by atoms with Crippen molar-refractivity contribution in [2.45, 2.75) is 0 Å². The Morgan fingerprint density at radius 2 is 0.709 bits per heavy atom. The molecule has 0 spiro atoms. The van der Waals surface area contributed by atoms with Crippen molar-refractivity contribution >= 4 is 59.5 Å². The Kier molecular flexibility index (Phi) is 22.0. The molecule has 0 bridgehead atoms. The summed E-state index contributed by atoms with van der Waals surface area (Å²) in [6, 6.07) is 48.3. The summed E-state index contributed by atoms with van der Waals surface area (Å²) in [5.41, 5.74) is 4.76. The van der Waals surface area contributed by atoms with Crippen LogP contribution in [0, 0.1) is 0 Å². The summed E-state index contributed by atoms with van der Waals surface area (Å²) in [5.74, 6) is 0. The SMILES string of the molecule is [O-]B([O-])c1ccccc1.[O-]B([O-])c1ccccc1.[O-]B([O-])c1ccccc1.[Ru+3].[Ru+3].c1ccc(-c2ccccn2)nc1.c1cnc2c(c1)ccc1ncccc12. The molecule has 4 aromatic heterocycles. The van der Waals surface area contributed by atoms with Gasteiger partial charge in [-0.25, -0.2) is 0 Å². The van der Waals surface area contributed by atoms with E-state index in [-0.39, 0.29) is 39.0 Å². The third kappa shape index (κ3) is 16.2. The number of hydrogen-bond acceptors (Lipinski definition) is 10. The average Bonchev–Trinajstić information content (AvgIpc) is 3.23. The number of benzene rings is 4. The van der Waals surface area contributed by atoms with Crippen LogP contribution in [0.5, 0.6) is 0 Å². The van der Waals surface area contributed by atoms with Gasteiger partial charge in [-0.15, -0.1) is 16.4 Å². The van der Waals surface area contributed by atoms with Crippen molar-refractivity contribution in [1.82, 2.24) is 19.9 Å². The molecule has 0 atom stereocenters. The summed E-state index contributed by atoms with van der Waals surface area (Å²) in [7, 11) is -5.52. The minimum Gasteiger partial charge on any atom is -0.889 e. The van der Waals surface area contributed by atoms with E-state index in [0.717, 1.165) is 33.2 Å². The predicted molar refractivity (Wildman–Crippen MR) is 200 cm³/mol. The molecule has 8 aromatic rings. The maximum Gasteiger partial charge on any atom is 3.00 e. The number of hydrogen-bond donors (Lipinski definition) is 0. The van der Waals surface area contributed by atoms with Crippen LogP contribution >= 0.6 is 0 Å². The summed E-state index contributed by atoms with van der Waals surface area (Å²) < 4.78 is 0. The van der Waals surface area contributed by atoms with Crippen molar-refractivity contribution < 1.29 is 69.1 Å². The smallest absolute Gasteiger partial charge is 0.889 e. The fraction of sp³-hybridized carbons (Fsp3) is 0. The largest absolute Gasteiger partial charge is 3.00 e. The molecule has 2 radical (unpaired) electrons. The zero-order valence-electron chi connectivity index (χ0n) is 29.1. The normalized spacial score (nSPS) is 9.35. The Bertz CT molecular complexity index is 1990. The first kappa shape index (κ1) is 46.4. The molecule has 0 aliphatic carbocycles. The molecule has 4 aromatic carbocycles. The molecule has 55 heavy (non-hydrogen) atoms. The zero-order chi connectivity index (χ0) is 37.7. The van der Waals surface area contributed by atoms with E-state index in [1.807, 2.05) is 60.8 Å². The van der Waals surface area contributed by atoms with Crippen molar-refractivity contribution in [3.8, 4) is 11.4 Å². The summed E-state index contributed by atoms with van der Waals surface area (Å²) in [5, 5.41) is 63.3. The van der Waals surface area contributed by atoms with Crippen LogP contribution in [0.15, 0.2) is 189 Å². The first-order valence-electron chi connectivity index (χ1n) is 16.3. The molecular weight excluding hydrogens is 867 g/mol. The predicted octanol–water partition coefficient (Wildman–Crippen LogP) is -0.771. The number of aromatic nitrogens is 4. The molecular formula is C40H31B3N4O6Ru2. The van der Waals surface area contributed by atoms with E-state index >= 15 is 0 Å². The Labute approximate surface area is 346 Å². The molecule has 0 aliphatic rings. The molecule has 0 fully saturated rings. The van der Waals surface area contributed by atoms with Gasteiger partial charge in [0, 0.05) is 35.6 Å². The van der Waals surface area contributed by atoms with Crippen LogP contribution in [-0.2, 0) is 39.0 Å². The molecule has 8 rings (SSSR count). The van der Waals surface area contributed by atoms with Gasteiger partial charge in [-0.3, -0.25) is 19.9 Å².